The maximum absolute atomic E-state index is 11.8. The summed E-state index contributed by atoms with van der Waals surface area (Å²) >= 11 is 0. The van der Waals surface area contributed by atoms with E-state index < -0.39 is 23.8 Å². The molecular formula is C10H15NO5. The van der Waals surface area contributed by atoms with Crippen molar-refractivity contribution in [3.63, 3.8) is 0 Å². The van der Waals surface area contributed by atoms with Gasteiger partial charge < -0.3 is 19.8 Å². The Labute approximate surface area is 92.8 Å². The first-order chi connectivity index (χ1) is 7.39. The number of likely N-dealkylation sites (tertiary alicyclic amines) is 1. The van der Waals surface area contributed by atoms with Crippen molar-refractivity contribution in [1.82, 2.24) is 4.90 Å². The van der Waals surface area contributed by atoms with Gasteiger partial charge in [-0.05, 0) is 19.8 Å². The van der Waals surface area contributed by atoms with Crippen molar-refractivity contribution < 1.29 is 24.5 Å². The molecule has 6 nitrogen and oxygen atoms in total. The maximum atomic E-state index is 11.8. The molecule has 0 saturated carbocycles. The number of rotatable bonds is 2. The zero-order valence-corrected chi connectivity index (χ0v) is 9.05. The number of carbonyl (C=O) groups excluding carboxylic acids is 1. The van der Waals surface area contributed by atoms with E-state index >= 15 is 0 Å². The summed E-state index contributed by atoms with van der Waals surface area (Å²) in [7, 11) is 0. The van der Waals surface area contributed by atoms with Gasteiger partial charge in [-0.15, -0.1) is 0 Å². The first-order valence-corrected chi connectivity index (χ1v) is 5.28. The number of carbonyl (C=O) groups is 2. The molecule has 0 aromatic heterocycles. The molecule has 0 aliphatic carbocycles. The largest absolute Gasteiger partial charge is 0.479 e. The summed E-state index contributed by atoms with van der Waals surface area (Å²) in [5.41, 5.74) is -0.805. The van der Waals surface area contributed by atoms with E-state index in [1.165, 1.54) is 4.90 Å². The van der Waals surface area contributed by atoms with Crippen molar-refractivity contribution in [1.29, 1.82) is 0 Å². The third kappa shape index (κ3) is 2.03. The molecule has 2 heterocycles. The van der Waals surface area contributed by atoms with E-state index in [0.29, 0.717) is 25.9 Å². The van der Waals surface area contributed by atoms with Gasteiger partial charge in [0.2, 0.25) is 0 Å². The number of aliphatic hydroxyl groups is 1. The molecule has 2 N–H and O–H groups in total. The number of aliphatic carboxylic acids is 1. The highest BCUT2D eigenvalue weighted by molar-refractivity contribution is 5.83. The fraction of sp³-hybridized carbons (Fsp3) is 0.800. The lowest BCUT2D eigenvalue weighted by Gasteiger charge is -2.44. The Morgan fingerprint density at radius 1 is 1.31 bits per heavy atom. The van der Waals surface area contributed by atoms with Gasteiger partial charge in [0.1, 0.15) is 6.10 Å². The minimum atomic E-state index is -1.02. The van der Waals surface area contributed by atoms with E-state index in [2.05, 4.69) is 0 Å². The smallest absolute Gasteiger partial charge is 0.332 e. The van der Waals surface area contributed by atoms with Crippen LogP contribution in [0.2, 0.25) is 0 Å². The number of hydrogen-bond donors (Lipinski definition) is 2. The molecule has 2 saturated heterocycles. The van der Waals surface area contributed by atoms with Crippen LogP contribution in [0.5, 0.6) is 0 Å². The van der Waals surface area contributed by atoms with E-state index in [9.17, 15) is 14.7 Å². The number of ether oxygens (including phenoxy) is 1. The normalized spacial score (nSPS) is 32.2. The summed E-state index contributed by atoms with van der Waals surface area (Å²) in [4.78, 5) is 23.9. The zero-order valence-electron chi connectivity index (χ0n) is 9.05. The third-order valence-corrected chi connectivity index (χ3v) is 2.95. The van der Waals surface area contributed by atoms with Gasteiger partial charge >= 0.3 is 5.97 Å². The second kappa shape index (κ2) is 3.71. The predicted molar refractivity (Wildman–Crippen MR) is 52.7 cm³/mol. The van der Waals surface area contributed by atoms with Crippen LogP contribution < -0.4 is 0 Å². The Morgan fingerprint density at radius 2 is 1.88 bits per heavy atom. The summed E-state index contributed by atoms with van der Waals surface area (Å²) in [6.45, 7) is 2.25. The molecule has 2 fully saturated rings. The molecule has 0 aromatic carbocycles. The fourth-order valence-electron chi connectivity index (χ4n) is 2.14. The summed E-state index contributed by atoms with van der Waals surface area (Å²) < 4.78 is 5.14. The third-order valence-electron chi connectivity index (χ3n) is 2.95. The van der Waals surface area contributed by atoms with E-state index in [1.807, 2.05) is 0 Å². The topological polar surface area (TPSA) is 87.1 Å². The van der Waals surface area contributed by atoms with Gasteiger partial charge in [-0.3, -0.25) is 4.79 Å². The fourth-order valence-corrected chi connectivity index (χ4v) is 2.14. The van der Waals surface area contributed by atoms with Gasteiger partial charge in [-0.2, -0.15) is 0 Å². The van der Waals surface area contributed by atoms with Gasteiger partial charge in [-0.1, -0.05) is 0 Å². The van der Waals surface area contributed by atoms with Crippen molar-refractivity contribution in [2.45, 2.75) is 37.6 Å². The molecule has 2 atom stereocenters. The summed E-state index contributed by atoms with van der Waals surface area (Å²) in [5.74, 6) is -1.24. The van der Waals surface area contributed by atoms with Gasteiger partial charge in [0.15, 0.2) is 6.10 Å². The average Bonchev–Trinajstić information content (AvgIpc) is 2.61. The number of carboxylic acid groups (broad SMARTS) is 1. The van der Waals surface area contributed by atoms with Crippen molar-refractivity contribution in [2.24, 2.45) is 0 Å². The molecule has 0 aromatic rings. The molecule has 6 heteroatoms. The minimum absolute atomic E-state index is 0.213. The predicted octanol–water partition coefficient (Wildman–Crippen LogP) is -0.788. The van der Waals surface area contributed by atoms with E-state index in [-0.39, 0.29) is 5.91 Å². The summed E-state index contributed by atoms with van der Waals surface area (Å²) in [6.07, 6.45) is -0.710. The monoisotopic (exact) mass is 229 g/mol. The molecule has 2 unspecified atom stereocenters. The van der Waals surface area contributed by atoms with Crippen LogP contribution in [0.4, 0.5) is 0 Å². The van der Waals surface area contributed by atoms with Gasteiger partial charge in [-0.25, -0.2) is 4.79 Å². The zero-order chi connectivity index (χ0) is 11.9. The molecule has 90 valence electrons. The highest BCUT2D eigenvalue weighted by Crippen LogP contribution is 2.26. The number of carboxylic acids is 1. The molecule has 0 radical (unpaired) electrons. The molecule has 2 aliphatic heterocycles. The minimum Gasteiger partial charge on any atom is -0.479 e. The second-order valence-corrected chi connectivity index (χ2v) is 4.72. The lowest BCUT2D eigenvalue weighted by Crippen LogP contribution is -2.63. The van der Waals surface area contributed by atoms with Crippen LogP contribution in [-0.2, 0) is 14.3 Å². The standard InChI is InChI=1S/C10H15NO5/c1-10(15)4-11(5-10)8(12)6-2-3-7(16-6)9(13)14/h6-7,15H,2-5H2,1H3,(H,13,14). The Hall–Kier alpha value is -1.14. The average molecular weight is 229 g/mol. The summed E-state index contributed by atoms with van der Waals surface area (Å²) in [6, 6.07) is 0. The molecule has 0 spiro atoms. The Bertz CT molecular complexity index is 319. The summed E-state index contributed by atoms with van der Waals surface area (Å²) in [5, 5.41) is 18.2. The molecule has 16 heavy (non-hydrogen) atoms. The van der Waals surface area contributed by atoms with E-state index in [0.717, 1.165) is 0 Å². The van der Waals surface area contributed by atoms with Crippen molar-refractivity contribution in [3.05, 3.63) is 0 Å². The number of β-amino-alcohol motifs (C(OH)–C–C–N with tert-alkyl or cyclic N) is 1. The molecule has 2 aliphatic rings. The van der Waals surface area contributed by atoms with Crippen LogP contribution in [0.25, 0.3) is 0 Å². The molecule has 1 amide bonds. The molecule has 2 rings (SSSR count). The lowest BCUT2D eigenvalue weighted by molar-refractivity contribution is -0.166. The van der Waals surface area contributed by atoms with Crippen molar-refractivity contribution in [2.75, 3.05) is 13.1 Å². The first kappa shape index (κ1) is 11.3. The number of hydrogen-bond acceptors (Lipinski definition) is 4. The van der Waals surface area contributed by atoms with Crippen LogP contribution in [-0.4, -0.2) is 57.9 Å². The highest BCUT2D eigenvalue weighted by Gasteiger charge is 2.44. The molecule has 0 bridgehead atoms. The van der Waals surface area contributed by atoms with Crippen LogP contribution in [0.15, 0.2) is 0 Å². The SMILES string of the molecule is CC1(O)CN(C(=O)C2CCC(C(=O)O)O2)C1. The Kier molecular flexibility index (Phi) is 2.63. The lowest BCUT2D eigenvalue weighted by atomic mass is 9.96. The van der Waals surface area contributed by atoms with E-state index in [4.69, 9.17) is 9.84 Å². The highest BCUT2D eigenvalue weighted by atomic mass is 16.5. The van der Waals surface area contributed by atoms with Crippen molar-refractivity contribution >= 4 is 11.9 Å². The van der Waals surface area contributed by atoms with Crippen LogP contribution >= 0.6 is 0 Å². The van der Waals surface area contributed by atoms with Crippen LogP contribution in [0, 0.1) is 0 Å². The Balaban J connectivity index is 1.86. The van der Waals surface area contributed by atoms with Crippen LogP contribution in [0.1, 0.15) is 19.8 Å². The number of amides is 1. The van der Waals surface area contributed by atoms with Crippen molar-refractivity contribution in [3.8, 4) is 0 Å². The van der Waals surface area contributed by atoms with Crippen LogP contribution in [0.3, 0.4) is 0 Å². The number of nitrogens with zero attached hydrogens (tertiary/aromatic N) is 1. The first-order valence-electron chi connectivity index (χ1n) is 5.28. The Morgan fingerprint density at radius 3 is 2.31 bits per heavy atom. The van der Waals surface area contributed by atoms with Gasteiger partial charge in [0.25, 0.3) is 5.91 Å². The van der Waals surface area contributed by atoms with Gasteiger partial charge in [0.05, 0.1) is 18.7 Å². The molecular weight excluding hydrogens is 214 g/mol. The van der Waals surface area contributed by atoms with Gasteiger partial charge in [0, 0.05) is 0 Å². The second-order valence-electron chi connectivity index (χ2n) is 4.72. The quantitative estimate of drug-likeness (QED) is 0.648. The van der Waals surface area contributed by atoms with E-state index in [1.54, 1.807) is 6.92 Å². The maximum Gasteiger partial charge on any atom is 0.332 e.